The molecule has 0 aliphatic rings. The highest BCUT2D eigenvalue weighted by atomic mass is 16.5. The van der Waals surface area contributed by atoms with E-state index in [9.17, 15) is 9.59 Å². The molecule has 0 saturated heterocycles. The highest BCUT2D eigenvalue weighted by molar-refractivity contribution is 5.95. The summed E-state index contributed by atoms with van der Waals surface area (Å²) in [7, 11) is 1.55. The number of ether oxygens (including phenoxy) is 2. The van der Waals surface area contributed by atoms with Gasteiger partial charge in [-0.1, -0.05) is 44.2 Å². The molecule has 156 valence electrons. The summed E-state index contributed by atoms with van der Waals surface area (Å²) in [5.41, 5.74) is 6.74. The van der Waals surface area contributed by atoms with Crippen LogP contribution in [0.5, 0.6) is 11.5 Å². The number of primary amides is 1. The summed E-state index contributed by atoms with van der Waals surface area (Å²) < 4.78 is 11.2. The summed E-state index contributed by atoms with van der Waals surface area (Å²) in [5.74, 6) is 1.02. The minimum atomic E-state index is -0.442. The first-order chi connectivity index (χ1) is 13.9. The predicted octanol–water partition coefficient (Wildman–Crippen LogP) is 3.64. The van der Waals surface area contributed by atoms with Crippen LogP contribution in [-0.2, 0) is 11.3 Å². The zero-order valence-corrected chi connectivity index (χ0v) is 17.4. The van der Waals surface area contributed by atoms with Crippen molar-refractivity contribution in [3.05, 3.63) is 59.7 Å². The summed E-state index contributed by atoms with van der Waals surface area (Å²) in [4.78, 5) is 26.0. The molecule has 0 saturated carbocycles. The van der Waals surface area contributed by atoms with E-state index in [0.717, 1.165) is 12.0 Å². The average molecular weight is 399 g/mol. The molecule has 0 heterocycles. The highest BCUT2D eigenvalue weighted by Crippen LogP contribution is 2.29. The lowest BCUT2D eigenvalue weighted by molar-refractivity contribution is -0.118. The molecule has 0 aliphatic heterocycles. The van der Waals surface area contributed by atoms with Crippen LogP contribution in [-0.4, -0.2) is 37.0 Å². The Morgan fingerprint density at radius 1 is 1.07 bits per heavy atom. The summed E-state index contributed by atoms with van der Waals surface area (Å²) in [6.07, 6.45) is 1.04. The largest absolute Gasteiger partial charge is 0.493 e. The molecule has 2 N–H and O–H groups in total. The molecule has 0 unspecified atom stereocenters. The third-order valence-corrected chi connectivity index (χ3v) is 4.49. The third-order valence-electron chi connectivity index (χ3n) is 4.49. The van der Waals surface area contributed by atoms with Crippen LogP contribution < -0.4 is 15.2 Å². The first-order valence-corrected chi connectivity index (χ1v) is 9.83. The summed E-state index contributed by atoms with van der Waals surface area (Å²) in [5, 5.41) is 0. The van der Waals surface area contributed by atoms with Gasteiger partial charge in [0, 0.05) is 25.1 Å². The highest BCUT2D eigenvalue weighted by Gasteiger charge is 2.19. The van der Waals surface area contributed by atoms with E-state index in [4.69, 9.17) is 15.2 Å². The predicted molar refractivity (Wildman–Crippen MR) is 113 cm³/mol. The van der Waals surface area contributed by atoms with Gasteiger partial charge in [-0.25, -0.2) is 0 Å². The molecular formula is C23H30N2O4. The molecule has 6 nitrogen and oxygen atoms in total. The van der Waals surface area contributed by atoms with Gasteiger partial charge >= 0.3 is 0 Å². The number of nitrogens with two attached hydrogens (primary N) is 1. The Kier molecular flexibility index (Phi) is 8.52. The molecule has 0 atom stereocenters. The van der Waals surface area contributed by atoms with Crippen LogP contribution >= 0.6 is 0 Å². The normalized spacial score (nSPS) is 10.6. The number of carbonyl (C=O) groups excluding carboxylic acids is 2. The lowest BCUT2D eigenvalue weighted by Gasteiger charge is -2.23. The number of carbonyl (C=O) groups is 2. The van der Waals surface area contributed by atoms with Gasteiger partial charge in [0.2, 0.25) is 5.91 Å². The molecule has 0 fully saturated rings. The van der Waals surface area contributed by atoms with Gasteiger partial charge in [0.05, 0.1) is 13.7 Å². The lowest BCUT2D eigenvalue weighted by Crippen LogP contribution is -2.33. The van der Waals surface area contributed by atoms with Crippen molar-refractivity contribution in [2.75, 3.05) is 20.3 Å². The van der Waals surface area contributed by atoms with Gasteiger partial charge in [0.1, 0.15) is 0 Å². The van der Waals surface area contributed by atoms with Crippen LogP contribution in [0.2, 0.25) is 0 Å². The Balaban J connectivity index is 2.18. The Labute approximate surface area is 172 Å². The van der Waals surface area contributed by atoms with E-state index in [0.29, 0.717) is 36.1 Å². The van der Waals surface area contributed by atoms with Crippen molar-refractivity contribution in [1.29, 1.82) is 0 Å². The number of nitrogens with zero attached hydrogens (tertiary/aromatic N) is 1. The second-order valence-electron chi connectivity index (χ2n) is 7.33. The van der Waals surface area contributed by atoms with Crippen molar-refractivity contribution in [2.45, 2.75) is 33.2 Å². The quantitative estimate of drug-likeness (QED) is 0.626. The molecule has 2 aromatic carbocycles. The number of benzene rings is 2. The standard InChI is InChI=1S/C23H30N2O4/c1-17(2)12-14-29-20-10-9-19(15-21(20)28-3)23(27)25(13-11-22(24)26)16-18-7-5-4-6-8-18/h4-10,15,17H,11-14,16H2,1-3H3,(H2,24,26). The van der Waals surface area contributed by atoms with E-state index in [-0.39, 0.29) is 18.9 Å². The Bertz CT molecular complexity index is 806. The number of hydrogen-bond donors (Lipinski definition) is 1. The van der Waals surface area contributed by atoms with Crippen LogP contribution in [0.15, 0.2) is 48.5 Å². The van der Waals surface area contributed by atoms with Crippen molar-refractivity contribution in [1.82, 2.24) is 4.90 Å². The van der Waals surface area contributed by atoms with Gasteiger partial charge in [-0.3, -0.25) is 9.59 Å². The topological polar surface area (TPSA) is 81.9 Å². The van der Waals surface area contributed by atoms with Crippen LogP contribution in [0.3, 0.4) is 0 Å². The van der Waals surface area contributed by atoms with Crippen LogP contribution in [0.1, 0.15) is 42.6 Å². The van der Waals surface area contributed by atoms with Crippen LogP contribution in [0.4, 0.5) is 0 Å². The van der Waals surface area contributed by atoms with E-state index < -0.39 is 5.91 Å². The maximum absolute atomic E-state index is 13.1. The molecule has 0 spiro atoms. The second-order valence-corrected chi connectivity index (χ2v) is 7.33. The Morgan fingerprint density at radius 3 is 2.41 bits per heavy atom. The number of rotatable bonds is 11. The molecule has 0 radical (unpaired) electrons. The molecule has 6 heteroatoms. The van der Waals surface area contributed by atoms with E-state index in [2.05, 4.69) is 13.8 Å². The molecular weight excluding hydrogens is 368 g/mol. The first kappa shape index (κ1) is 22.3. The summed E-state index contributed by atoms with van der Waals surface area (Å²) in [6, 6.07) is 14.8. The molecule has 0 aromatic heterocycles. The van der Waals surface area contributed by atoms with Crippen LogP contribution in [0.25, 0.3) is 0 Å². The average Bonchev–Trinajstić information content (AvgIpc) is 2.71. The fourth-order valence-corrected chi connectivity index (χ4v) is 2.81. The lowest BCUT2D eigenvalue weighted by atomic mass is 10.1. The fraction of sp³-hybridized carbons (Fsp3) is 0.391. The molecule has 2 amide bonds. The minimum absolute atomic E-state index is 0.103. The Hall–Kier alpha value is -3.02. The van der Waals surface area contributed by atoms with Crippen molar-refractivity contribution < 1.29 is 19.1 Å². The smallest absolute Gasteiger partial charge is 0.254 e. The van der Waals surface area contributed by atoms with Gasteiger partial charge in [-0.2, -0.15) is 0 Å². The van der Waals surface area contributed by atoms with Crippen LogP contribution in [0, 0.1) is 5.92 Å². The molecule has 29 heavy (non-hydrogen) atoms. The SMILES string of the molecule is COc1cc(C(=O)N(CCC(N)=O)Cc2ccccc2)ccc1OCCC(C)C. The van der Waals surface area contributed by atoms with E-state index in [1.807, 2.05) is 30.3 Å². The maximum atomic E-state index is 13.1. The van der Waals surface area contributed by atoms with Gasteiger partial charge < -0.3 is 20.1 Å². The van der Waals surface area contributed by atoms with Crippen molar-refractivity contribution in [3.8, 4) is 11.5 Å². The molecule has 0 bridgehead atoms. The van der Waals surface area contributed by atoms with Gasteiger partial charge in [0.15, 0.2) is 11.5 Å². The van der Waals surface area contributed by atoms with Gasteiger partial charge in [-0.15, -0.1) is 0 Å². The van der Waals surface area contributed by atoms with E-state index >= 15 is 0 Å². The second kappa shape index (κ2) is 11.1. The van der Waals surface area contributed by atoms with Gasteiger partial charge in [0.25, 0.3) is 5.91 Å². The van der Waals surface area contributed by atoms with Crippen molar-refractivity contribution >= 4 is 11.8 Å². The van der Waals surface area contributed by atoms with Crippen molar-refractivity contribution in [2.24, 2.45) is 11.7 Å². The Morgan fingerprint density at radius 2 is 1.79 bits per heavy atom. The molecule has 0 aliphatic carbocycles. The van der Waals surface area contributed by atoms with E-state index in [1.165, 1.54) is 0 Å². The first-order valence-electron chi connectivity index (χ1n) is 9.83. The maximum Gasteiger partial charge on any atom is 0.254 e. The summed E-state index contributed by atoms with van der Waals surface area (Å²) in [6.45, 7) is 5.49. The van der Waals surface area contributed by atoms with E-state index in [1.54, 1.807) is 30.2 Å². The number of amides is 2. The third kappa shape index (κ3) is 7.14. The monoisotopic (exact) mass is 398 g/mol. The van der Waals surface area contributed by atoms with Gasteiger partial charge in [-0.05, 0) is 36.1 Å². The minimum Gasteiger partial charge on any atom is -0.493 e. The zero-order valence-electron chi connectivity index (χ0n) is 17.4. The zero-order chi connectivity index (χ0) is 21.2. The summed E-state index contributed by atoms with van der Waals surface area (Å²) >= 11 is 0. The number of methoxy groups -OCH3 is 1. The fourth-order valence-electron chi connectivity index (χ4n) is 2.81. The van der Waals surface area contributed by atoms with Crippen molar-refractivity contribution in [3.63, 3.8) is 0 Å². The molecule has 2 rings (SSSR count). The molecule has 2 aromatic rings. The number of hydrogen-bond acceptors (Lipinski definition) is 4.